The molecule has 0 N–H and O–H groups in total. The quantitative estimate of drug-likeness (QED) is 0.159. The number of fused-ring (bicyclic) bond motifs is 10. The van der Waals surface area contributed by atoms with Crippen LogP contribution in [0.5, 0.6) is 0 Å². The third-order valence-corrected chi connectivity index (χ3v) is 13.8. The Bertz CT molecular complexity index is 3390. The molecule has 0 atom stereocenters. The Morgan fingerprint density at radius 2 is 0.839 bits per heavy atom. The Balaban J connectivity index is 1.06. The molecule has 0 nitrogen and oxygen atoms in total. The van der Waals surface area contributed by atoms with E-state index in [4.69, 9.17) is 0 Å². The van der Waals surface area contributed by atoms with Crippen LogP contribution in [0, 0.1) is 0 Å². The minimum atomic E-state index is -0.185. The monoisotopic (exact) mass is 728 g/mol. The Morgan fingerprint density at radius 1 is 0.339 bits per heavy atom. The molecule has 0 saturated heterocycles. The molecule has 0 fully saturated rings. The van der Waals surface area contributed by atoms with Crippen molar-refractivity contribution in [2.75, 3.05) is 0 Å². The molecule has 12 rings (SSSR count). The van der Waals surface area contributed by atoms with Crippen LogP contribution in [0.15, 0.2) is 182 Å². The van der Waals surface area contributed by atoms with E-state index in [2.05, 4.69) is 196 Å². The Labute approximate surface area is 329 Å². The van der Waals surface area contributed by atoms with Crippen molar-refractivity contribution in [3.63, 3.8) is 0 Å². The zero-order valence-electron chi connectivity index (χ0n) is 31.2. The van der Waals surface area contributed by atoms with Crippen LogP contribution in [0.2, 0.25) is 0 Å². The van der Waals surface area contributed by atoms with Gasteiger partial charge in [0.15, 0.2) is 0 Å². The highest BCUT2D eigenvalue weighted by atomic mass is 32.1. The summed E-state index contributed by atoms with van der Waals surface area (Å²) >= 11 is 1.92. The smallest absolute Gasteiger partial charge is 0.0440 e. The third kappa shape index (κ3) is 4.41. The maximum absolute atomic E-state index is 2.50. The van der Waals surface area contributed by atoms with E-state index >= 15 is 0 Å². The van der Waals surface area contributed by atoms with E-state index in [-0.39, 0.29) is 5.41 Å². The first kappa shape index (κ1) is 31.8. The predicted octanol–water partition coefficient (Wildman–Crippen LogP) is 16.0. The fourth-order valence-corrected chi connectivity index (χ4v) is 11.3. The summed E-state index contributed by atoms with van der Waals surface area (Å²) in [6.07, 6.45) is 0. The summed E-state index contributed by atoms with van der Waals surface area (Å²) in [6, 6.07) is 68.2. The first-order valence-electron chi connectivity index (χ1n) is 19.6. The van der Waals surface area contributed by atoms with Gasteiger partial charge >= 0.3 is 0 Å². The van der Waals surface area contributed by atoms with Gasteiger partial charge in [-0.3, -0.25) is 0 Å². The SMILES string of the molecule is CC1(C)c2cc(-c3c4ccccc4c(-c4cccc5ccccc45)c4ccccc34)ccc2-c2ccc(-c3c4ccccc4cc4c3sc3ccccc34)cc21. The highest BCUT2D eigenvalue weighted by Crippen LogP contribution is 2.53. The number of thiophene rings is 1. The van der Waals surface area contributed by atoms with E-state index < -0.39 is 0 Å². The van der Waals surface area contributed by atoms with Gasteiger partial charge < -0.3 is 0 Å². The average molecular weight is 729 g/mol. The lowest BCUT2D eigenvalue weighted by Gasteiger charge is -2.24. The second kappa shape index (κ2) is 11.7. The van der Waals surface area contributed by atoms with Crippen molar-refractivity contribution in [2.45, 2.75) is 19.3 Å². The van der Waals surface area contributed by atoms with Gasteiger partial charge in [-0.15, -0.1) is 11.3 Å². The van der Waals surface area contributed by atoms with Crippen molar-refractivity contribution in [1.82, 2.24) is 0 Å². The van der Waals surface area contributed by atoms with Crippen LogP contribution in [0.25, 0.3) is 108 Å². The van der Waals surface area contributed by atoms with Gasteiger partial charge in [-0.2, -0.15) is 0 Å². The van der Waals surface area contributed by atoms with Gasteiger partial charge in [0.05, 0.1) is 0 Å². The van der Waals surface area contributed by atoms with Gasteiger partial charge in [0.25, 0.3) is 0 Å². The van der Waals surface area contributed by atoms with Gasteiger partial charge in [-0.25, -0.2) is 0 Å². The summed E-state index contributed by atoms with van der Waals surface area (Å²) in [5.41, 5.74) is 13.1. The van der Waals surface area contributed by atoms with Crippen LogP contribution in [-0.2, 0) is 5.41 Å². The summed E-state index contributed by atoms with van der Waals surface area (Å²) in [7, 11) is 0. The van der Waals surface area contributed by atoms with E-state index in [0.29, 0.717) is 0 Å². The molecule has 0 bridgehead atoms. The molecule has 1 heterocycles. The first-order valence-corrected chi connectivity index (χ1v) is 20.4. The Kier molecular flexibility index (Phi) is 6.66. The molecule has 1 aliphatic rings. The second-order valence-corrected chi connectivity index (χ2v) is 17.0. The molecule has 0 spiro atoms. The van der Waals surface area contributed by atoms with Gasteiger partial charge in [-0.1, -0.05) is 172 Å². The molecule has 56 heavy (non-hydrogen) atoms. The zero-order valence-corrected chi connectivity index (χ0v) is 32.0. The van der Waals surface area contributed by atoms with Crippen molar-refractivity contribution in [1.29, 1.82) is 0 Å². The van der Waals surface area contributed by atoms with Crippen LogP contribution in [0.4, 0.5) is 0 Å². The summed E-state index contributed by atoms with van der Waals surface area (Å²) in [5.74, 6) is 0. The lowest BCUT2D eigenvalue weighted by Crippen LogP contribution is -2.15. The van der Waals surface area contributed by atoms with Gasteiger partial charge in [-0.05, 0) is 117 Å². The molecular formula is C55H36S. The summed E-state index contributed by atoms with van der Waals surface area (Å²) in [4.78, 5) is 0. The van der Waals surface area contributed by atoms with Crippen molar-refractivity contribution in [3.8, 4) is 44.5 Å². The van der Waals surface area contributed by atoms with E-state index in [1.54, 1.807) is 0 Å². The number of hydrogen-bond acceptors (Lipinski definition) is 1. The lowest BCUT2D eigenvalue weighted by atomic mass is 9.79. The Hall–Kier alpha value is -6.54. The Morgan fingerprint density at radius 3 is 1.50 bits per heavy atom. The van der Waals surface area contributed by atoms with E-state index in [9.17, 15) is 0 Å². The van der Waals surface area contributed by atoms with Crippen LogP contribution >= 0.6 is 11.3 Å². The van der Waals surface area contributed by atoms with Crippen LogP contribution in [0.3, 0.4) is 0 Å². The average Bonchev–Trinajstić information content (AvgIpc) is 3.72. The third-order valence-electron chi connectivity index (χ3n) is 12.6. The van der Waals surface area contributed by atoms with Crippen molar-refractivity contribution < 1.29 is 0 Å². The van der Waals surface area contributed by atoms with E-state index in [1.807, 2.05) is 11.3 Å². The highest BCUT2D eigenvalue weighted by molar-refractivity contribution is 7.26. The minimum absolute atomic E-state index is 0.185. The summed E-state index contributed by atoms with van der Waals surface area (Å²) < 4.78 is 2.71. The van der Waals surface area contributed by atoms with E-state index in [1.165, 1.54) is 119 Å². The summed E-state index contributed by atoms with van der Waals surface area (Å²) in [6.45, 7) is 4.84. The fraction of sp³-hybridized carbons (Fsp3) is 0.0545. The molecular weight excluding hydrogens is 693 g/mol. The standard InChI is InChI=1S/C55H36S/c1-55(2)48-31-35(51-43-20-7-9-22-45(43)53(46-23-10-8-21-44(46)51)42-24-13-16-33-14-3-5-17-37(33)42)26-28-39(48)40-29-27-36(32-49(40)55)52-38-18-6-4-15-34(38)30-47-41-19-11-12-25-50(41)56-54(47)52/h3-32H,1-2H3. The van der Waals surface area contributed by atoms with Crippen molar-refractivity contribution in [3.05, 3.63) is 193 Å². The maximum atomic E-state index is 2.50. The van der Waals surface area contributed by atoms with Gasteiger partial charge in [0.1, 0.15) is 0 Å². The molecule has 1 aliphatic carbocycles. The maximum Gasteiger partial charge on any atom is 0.0440 e. The van der Waals surface area contributed by atoms with Crippen LogP contribution < -0.4 is 0 Å². The lowest BCUT2D eigenvalue weighted by molar-refractivity contribution is 0.661. The molecule has 11 aromatic rings. The highest BCUT2D eigenvalue weighted by Gasteiger charge is 2.36. The van der Waals surface area contributed by atoms with Crippen LogP contribution in [0.1, 0.15) is 25.0 Å². The number of rotatable bonds is 3. The number of benzene rings is 10. The van der Waals surface area contributed by atoms with E-state index in [0.717, 1.165) is 0 Å². The molecule has 10 aromatic carbocycles. The zero-order chi connectivity index (χ0) is 37.1. The molecule has 0 saturated carbocycles. The van der Waals surface area contributed by atoms with Gasteiger partial charge in [0, 0.05) is 31.2 Å². The second-order valence-electron chi connectivity index (χ2n) is 16.0. The molecule has 0 aliphatic heterocycles. The van der Waals surface area contributed by atoms with Crippen molar-refractivity contribution in [2.24, 2.45) is 0 Å². The normalized spacial score (nSPS) is 13.3. The predicted molar refractivity (Wildman–Crippen MR) is 243 cm³/mol. The van der Waals surface area contributed by atoms with Crippen LogP contribution in [-0.4, -0.2) is 0 Å². The fourth-order valence-electron chi connectivity index (χ4n) is 10.0. The number of hydrogen-bond donors (Lipinski definition) is 0. The molecule has 262 valence electrons. The van der Waals surface area contributed by atoms with Crippen molar-refractivity contribution >= 4 is 74.6 Å². The summed E-state index contributed by atoms with van der Waals surface area (Å²) in [5, 5.41) is 13.0. The molecule has 1 heteroatoms. The molecule has 1 aromatic heterocycles. The molecule has 0 unspecified atom stereocenters. The molecule has 0 radical (unpaired) electrons. The first-order chi connectivity index (χ1) is 27.5. The molecule has 0 amide bonds. The largest absolute Gasteiger partial charge is 0.135 e. The minimum Gasteiger partial charge on any atom is -0.135 e. The topological polar surface area (TPSA) is 0 Å². The van der Waals surface area contributed by atoms with Gasteiger partial charge in [0.2, 0.25) is 0 Å².